The molecule has 2 aromatic rings. The van der Waals surface area contributed by atoms with E-state index < -0.39 is 11.9 Å². The van der Waals surface area contributed by atoms with Crippen molar-refractivity contribution in [2.45, 2.75) is 20.3 Å². The van der Waals surface area contributed by atoms with Crippen LogP contribution in [0.3, 0.4) is 0 Å². The molecule has 5 heteroatoms. The van der Waals surface area contributed by atoms with Crippen LogP contribution in [0.15, 0.2) is 18.6 Å². The van der Waals surface area contributed by atoms with Gasteiger partial charge in [0.2, 0.25) is 0 Å². The Morgan fingerprint density at radius 3 is 3.06 bits per heavy atom. The topological polar surface area (TPSA) is 67.5 Å². The van der Waals surface area contributed by atoms with Gasteiger partial charge in [-0.15, -0.1) is 0 Å². The molecule has 16 heavy (non-hydrogen) atoms. The standard InChI is InChI=1S/C11H13N3O2/c1-7(11(15)16)3-9-5-14-6-12-8(2)4-10(14)13-9/h4-7H,3H2,1-2H3,(H,15,16). The average molecular weight is 219 g/mol. The number of carbonyl (C=O) groups is 1. The van der Waals surface area contributed by atoms with Gasteiger partial charge in [0.15, 0.2) is 0 Å². The van der Waals surface area contributed by atoms with Gasteiger partial charge in [-0.05, 0) is 6.92 Å². The molecule has 0 aliphatic carbocycles. The third-order valence-electron chi connectivity index (χ3n) is 2.47. The average Bonchev–Trinajstić information content (AvgIpc) is 2.58. The summed E-state index contributed by atoms with van der Waals surface area (Å²) < 4.78 is 1.80. The first-order valence-corrected chi connectivity index (χ1v) is 5.09. The van der Waals surface area contributed by atoms with Gasteiger partial charge in [-0.1, -0.05) is 6.92 Å². The molecule has 0 amide bonds. The van der Waals surface area contributed by atoms with Crippen LogP contribution in [-0.4, -0.2) is 25.4 Å². The Bertz CT molecular complexity index is 533. The lowest BCUT2D eigenvalue weighted by molar-refractivity contribution is -0.141. The molecular formula is C11H13N3O2. The lowest BCUT2D eigenvalue weighted by atomic mass is 10.1. The first-order valence-electron chi connectivity index (χ1n) is 5.09. The van der Waals surface area contributed by atoms with Crippen LogP contribution in [0.5, 0.6) is 0 Å². The monoisotopic (exact) mass is 219 g/mol. The second-order valence-corrected chi connectivity index (χ2v) is 3.97. The van der Waals surface area contributed by atoms with Crippen LogP contribution in [0.2, 0.25) is 0 Å². The van der Waals surface area contributed by atoms with Crippen LogP contribution in [0, 0.1) is 12.8 Å². The number of fused-ring (bicyclic) bond motifs is 1. The summed E-state index contributed by atoms with van der Waals surface area (Å²) in [5, 5.41) is 8.82. The summed E-state index contributed by atoms with van der Waals surface area (Å²) in [6.45, 7) is 3.57. The van der Waals surface area contributed by atoms with E-state index in [0.717, 1.165) is 17.0 Å². The minimum absolute atomic E-state index is 0.418. The maximum Gasteiger partial charge on any atom is 0.306 e. The van der Waals surface area contributed by atoms with Gasteiger partial charge in [0, 0.05) is 24.4 Å². The molecule has 0 aromatic carbocycles. The van der Waals surface area contributed by atoms with Gasteiger partial charge in [0.05, 0.1) is 11.6 Å². The SMILES string of the molecule is Cc1cc2nc(CC(C)C(=O)O)cn2cn1. The lowest BCUT2D eigenvalue weighted by Crippen LogP contribution is -2.12. The van der Waals surface area contributed by atoms with Crippen LogP contribution in [0.1, 0.15) is 18.3 Å². The third kappa shape index (κ3) is 2.03. The zero-order valence-corrected chi connectivity index (χ0v) is 9.21. The van der Waals surface area contributed by atoms with E-state index in [4.69, 9.17) is 5.11 Å². The van der Waals surface area contributed by atoms with Gasteiger partial charge in [0.25, 0.3) is 0 Å². The first-order chi connectivity index (χ1) is 7.56. The Balaban J connectivity index is 2.29. The fourth-order valence-corrected chi connectivity index (χ4v) is 1.54. The number of hydrogen-bond donors (Lipinski definition) is 1. The van der Waals surface area contributed by atoms with E-state index in [9.17, 15) is 4.79 Å². The Morgan fingerprint density at radius 2 is 2.38 bits per heavy atom. The molecule has 2 heterocycles. The second-order valence-electron chi connectivity index (χ2n) is 3.97. The molecule has 0 radical (unpaired) electrons. The summed E-state index contributed by atoms with van der Waals surface area (Å²) in [5.74, 6) is -1.22. The second kappa shape index (κ2) is 3.92. The van der Waals surface area contributed by atoms with E-state index in [1.54, 1.807) is 17.7 Å². The fraction of sp³-hybridized carbons (Fsp3) is 0.364. The molecule has 0 bridgehead atoms. The van der Waals surface area contributed by atoms with Crippen LogP contribution in [-0.2, 0) is 11.2 Å². The van der Waals surface area contributed by atoms with Gasteiger partial charge < -0.3 is 5.11 Å². The maximum absolute atomic E-state index is 10.7. The minimum Gasteiger partial charge on any atom is -0.481 e. The van der Waals surface area contributed by atoms with Crippen molar-refractivity contribution < 1.29 is 9.90 Å². The van der Waals surface area contributed by atoms with E-state index in [0.29, 0.717) is 6.42 Å². The van der Waals surface area contributed by atoms with Gasteiger partial charge >= 0.3 is 5.97 Å². The fourth-order valence-electron chi connectivity index (χ4n) is 1.54. The summed E-state index contributed by atoms with van der Waals surface area (Å²) in [6, 6.07) is 1.87. The molecule has 0 saturated carbocycles. The molecule has 5 nitrogen and oxygen atoms in total. The van der Waals surface area contributed by atoms with Crippen molar-refractivity contribution >= 4 is 11.6 Å². The van der Waals surface area contributed by atoms with Crippen molar-refractivity contribution in [1.82, 2.24) is 14.4 Å². The summed E-state index contributed by atoms with van der Waals surface area (Å²) in [7, 11) is 0. The highest BCUT2D eigenvalue weighted by Gasteiger charge is 2.13. The number of carboxylic acid groups (broad SMARTS) is 1. The largest absolute Gasteiger partial charge is 0.481 e. The molecule has 2 aromatic heterocycles. The van der Waals surface area contributed by atoms with Crippen molar-refractivity contribution in [3.63, 3.8) is 0 Å². The molecule has 1 N–H and O–H groups in total. The van der Waals surface area contributed by atoms with E-state index in [1.807, 2.05) is 19.2 Å². The highest BCUT2D eigenvalue weighted by atomic mass is 16.4. The number of hydrogen-bond acceptors (Lipinski definition) is 3. The number of imidazole rings is 1. The lowest BCUT2D eigenvalue weighted by Gasteiger charge is -2.01. The molecule has 1 unspecified atom stereocenters. The summed E-state index contributed by atoms with van der Waals surface area (Å²) in [6.07, 6.45) is 3.95. The van der Waals surface area contributed by atoms with E-state index in [2.05, 4.69) is 9.97 Å². The molecule has 0 aliphatic rings. The van der Waals surface area contributed by atoms with Gasteiger partial charge in [-0.25, -0.2) is 9.97 Å². The predicted molar refractivity (Wildman–Crippen MR) is 58.2 cm³/mol. The third-order valence-corrected chi connectivity index (χ3v) is 2.47. The summed E-state index contributed by atoms with van der Waals surface area (Å²) in [4.78, 5) is 19.2. The van der Waals surface area contributed by atoms with Crippen molar-refractivity contribution in [2.24, 2.45) is 5.92 Å². The zero-order valence-electron chi connectivity index (χ0n) is 9.21. The summed E-state index contributed by atoms with van der Waals surface area (Å²) >= 11 is 0. The number of aromatic nitrogens is 3. The number of rotatable bonds is 3. The highest BCUT2D eigenvalue weighted by Crippen LogP contribution is 2.10. The van der Waals surface area contributed by atoms with Crippen molar-refractivity contribution in [2.75, 3.05) is 0 Å². The zero-order chi connectivity index (χ0) is 11.7. The Labute approximate surface area is 92.8 Å². The normalized spacial score (nSPS) is 12.9. The molecule has 0 saturated heterocycles. The molecule has 2 rings (SSSR count). The molecule has 0 fully saturated rings. The van der Waals surface area contributed by atoms with Crippen molar-refractivity contribution in [3.8, 4) is 0 Å². The van der Waals surface area contributed by atoms with Gasteiger partial charge in [-0.3, -0.25) is 9.20 Å². The smallest absolute Gasteiger partial charge is 0.306 e. The van der Waals surface area contributed by atoms with Crippen LogP contribution in [0.25, 0.3) is 5.65 Å². The van der Waals surface area contributed by atoms with Gasteiger partial charge in [0.1, 0.15) is 12.0 Å². The first kappa shape index (κ1) is 10.6. The van der Waals surface area contributed by atoms with E-state index in [-0.39, 0.29) is 0 Å². The molecule has 1 atom stereocenters. The quantitative estimate of drug-likeness (QED) is 0.844. The molecule has 0 spiro atoms. The van der Waals surface area contributed by atoms with E-state index >= 15 is 0 Å². The van der Waals surface area contributed by atoms with Gasteiger partial charge in [-0.2, -0.15) is 0 Å². The van der Waals surface area contributed by atoms with Crippen LogP contribution in [0.4, 0.5) is 0 Å². The van der Waals surface area contributed by atoms with E-state index in [1.165, 1.54) is 0 Å². The van der Waals surface area contributed by atoms with Crippen LogP contribution >= 0.6 is 0 Å². The molecule has 0 aliphatic heterocycles. The number of aryl methyl sites for hydroxylation is 1. The Kier molecular flexibility index (Phi) is 2.60. The molecular weight excluding hydrogens is 206 g/mol. The molecule has 84 valence electrons. The number of carboxylic acids is 1. The highest BCUT2D eigenvalue weighted by molar-refractivity contribution is 5.69. The summed E-state index contributed by atoms with van der Waals surface area (Å²) in [5.41, 5.74) is 2.48. The Hall–Kier alpha value is -1.91. The number of aliphatic carboxylic acids is 1. The van der Waals surface area contributed by atoms with Crippen LogP contribution < -0.4 is 0 Å². The Morgan fingerprint density at radius 1 is 1.62 bits per heavy atom. The van der Waals surface area contributed by atoms with Crippen molar-refractivity contribution in [1.29, 1.82) is 0 Å². The minimum atomic E-state index is -0.800. The predicted octanol–water partition coefficient (Wildman–Crippen LogP) is 1.30. The number of nitrogens with zero attached hydrogens (tertiary/aromatic N) is 3. The maximum atomic E-state index is 10.7. The van der Waals surface area contributed by atoms with Crippen molar-refractivity contribution in [3.05, 3.63) is 30.0 Å².